The largest absolute Gasteiger partial charge is 0.478 e. The van der Waals surface area contributed by atoms with Gasteiger partial charge < -0.3 is 9.84 Å². The van der Waals surface area contributed by atoms with Gasteiger partial charge in [-0.25, -0.2) is 4.79 Å². The number of carboxylic acids is 1. The number of hydrogen-bond acceptors (Lipinski definition) is 2. The summed E-state index contributed by atoms with van der Waals surface area (Å²) in [6, 6.07) is 0. The van der Waals surface area contributed by atoms with Crippen molar-refractivity contribution < 1.29 is 27.8 Å². The molecule has 0 bridgehead atoms. The summed E-state index contributed by atoms with van der Waals surface area (Å²) in [6.45, 7) is 1.24. The van der Waals surface area contributed by atoms with E-state index in [1.807, 2.05) is 0 Å². The predicted octanol–water partition coefficient (Wildman–Crippen LogP) is 2.13. The van der Waals surface area contributed by atoms with Crippen molar-refractivity contribution in [2.75, 3.05) is 6.61 Å². The van der Waals surface area contributed by atoms with E-state index in [9.17, 15) is 18.0 Å². The molecule has 1 heterocycles. The number of aliphatic carboxylic acids is 1. The molecule has 0 aromatic heterocycles. The summed E-state index contributed by atoms with van der Waals surface area (Å²) in [4.78, 5) is 10.6. The Morgan fingerprint density at radius 1 is 1.53 bits per heavy atom. The molecule has 0 spiro atoms. The van der Waals surface area contributed by atoms with Crippen molar-refractivity contribution >= 4 is 5.97 Å². The molecule has 0 saturated carbocycles. The zero-order chi connectivity index (χ0) is 11.6. The Kier molecular flexibility index (Phi) is 3.38. The summed E-state index contributed by atoms with van der Waals surface area (Å²) in [7, 11) is 0. The standard InChI is InChI=1S/C9H11F3O3/c1-5(8(13)14)6-2-3-15-7(4-6)9(10,11)12/h7H,2-4H2,1H3,(H,13,14)/b6-5+. The van der Waals surface area contributed by atoms with Crippen LogP contribution in [0.2, 0.25) is 0 Å². The van der Waals surface area contributed by atoms with Gasteiger partial charge in [-0.3, -0.25) is 0 Å². The van der Waals surface area contributed by atoms with E-state index in [0.29, 0.717) is 5.57 Å². The first kappa shape index (κ1) is 12.0. The van der Waals surface area contributed by atoms with Crippen LogP contribution in [0.5, 0.6) is 0 Å². The quantitative estimate of drug-likeness (QED) is 0.694. The number of ether oxygens (including phenoxy) is 1. The minimum Gasteiger partial charge on any atom is -0.478 e. The van der Waals surface area contributed by atoms with Crippen molar-refractivity contribution in [2.24, 2.45) is 0 Å². The molecule has 0 amide bonds. The van der Waals surface area contributed by atoms with Crippen LogP contribution in [0.25, 0.3) is 0 Å². The van der Waals surface area contributed by atoms with Crippen molar-refractivity contribution in [1.82, 2.24) is 0 Å². The van der Waals surface area contributed by atoms with Gasteiger partial charge in [-0.2, -0.15) is 13.2 Å². The van der Waals surface area contributed by atoms with E-state index in [-0.39, 0.29) is 25.0 Å². The number of alkyl halides is 3. The average Bonchev–Trinajstić information content (AvgIpc) is 2.15. The first-order valence-corrected chi connectivity index (χ1v) is 4.42. The van der Waals surface area contributed by atoms with Crippen molar-refractivity contribution in [2.45, 2.75) is 32.0 Å². The molecule has 1 N–H and O–H groups in total. The highest BCUT2D eigenvalue weighted by Crippen LogP contribution is 2.33. The van der Waals surface area contributed by atoms with Crippen LogP contribution in [-0.4, -0.2) is 30.0 Å². The van der Waals surface area contributed by atoms with E-state index in [0.717, 1.165) is 0 Å². The summed E-state index contributed by atoms with van der Waals surface area (Å²) in [5, 5.41) is 8.64. The van der Waals surface area contributed by atoms with Gasteiger partial charge in [0.25, 0.3) is 0 Å². The fourth-order valence-electron chi connectivity index (χ4n) is 1.41. The molecule has 1 fully saturated rings. The van der Waals surface area contributed by atoms with Gasteiger partial charge in [0.1, 0.15) is 0 Å². The van der Waals surface area contributed by atoms with Crippen LogP contribution in [-0.2, 0) is 9.53 Å². The second kappa shape index (κ2) is 4.22. The summed E-state index contributed by atoms with van der Waals surface area (Å²) >= 11 is 0. The van der Waals surface area contributed by atoms with E-state index in [4.69, 9.17) is 5.11 Å². The smallest absolute Gasteiger partial charge is 0.414 e. The zero-order valence-electron chi connectivity index (χ0n) is 8.10. The van der Waals surface area contributed by atoms with Crippen LogP contribution in [0.4, 0.5) is 13.2 Å². The van der Waals surface area contributed by atoms with Gasteiger partial charge in [-0.15, -0.1) is 0 Å². The molecular formula is C9H11F3O3. The molecule has 1 aliphatic heterocycles. The molecule has 1 saturated heterocycles. The summed E-state index contributed by atoms with van der Waals surface area (Å²) in [6.07, 6.45) is -6.41. The van der Waals surface area contributed by atoms with Gasteiger partial charge in [0.2, 0.25) is 0 Å². The van der Waals surface area contributed by atoms with E-state index >= 15 is 0 Å². The van der Waals surface area contributed by atoms with Gasteiger partial charge in [-0.1, -0.05) is 5.57 Å². The zero-order valence-corrected chi connectivity index (χ0v) is 8.10. The normalized spacial score (nSPS) is 26.3. The van der Waals surface area contributed by atoms with Crippen LogP contribution in [0.15, 0.2) is 11.1 Å². The maximum atomic E-state index is 12.3. The maximum absolute atomic E-state index is 12.3. The highest BCUT2D eigenvalue weighted by Gasteiger charge is 2.42. The van der Waals surface area contributed by atoms with Gasteiger partial charge in [0.05, 0.1) is 6.61 Å². The maximum Gasteiger partial charge on any atom is 0.414 e. The number of hydrogen-bond donors (Lipinski definition) is 1. The lowest BCUT2D eigenvalue weighted by atomic mass is 9.97. The molecule has 0 aromatic carbocycles. The molecule has 86 valence electrons. The molecule has 0 aliphatic carbocycles. The van der Waals surface area contributed by atoms with Crippen LogP contribution in [0.1, 0.15) is 19.8 Å². The second-order valence-electron chi connectivity index (χ2n) is 3.39. The number of carboxylic acid groups (broad SMARTS) is 1. The monoisotopic (exact) mass is 224 g/mol. The Morgan fingerprint density at radius 2 is 2.13 bits per heavy atom. The van der Waals surface area contributed by atoms with Crippen LogP contribution >= 0.6 is 0 Å². The fraction of sp³-hybridized carbons (Fsp3) is 0.667. The van der Waals surface area contributed by atoms with E-state index in [1.54, 1.807) is 0 Å². The van der Waals surface area contributed by atoms with Gasteiger partial charge >= 0.3 is 12.1 Å². The molecule has 1 rings (SSSR count). The molecule has 0 radical (unpaired) electrons. The molecule has 15 heavy (non-hydrogen) atoms. The molecule has 0 aromatic rings. The van der Waals surface area contributed by atoms with Crippen LogP contribution in [0, 0.1) is 0 Å². The highest BCUT2D eigenvalue weighted by molar-refractivity contribution is 5.86. The number of carbonyl (C=O) groups is 1. The van der Waals surface area contributed by atoms with E-state index < -0.39 is 18.2 Å². The van der Waals surface area contributed by atoms with Crippen LogP contribution < -0.4 is 0 Å². The SMILES string of the molecule is C/C(C(=O)O)=C1/CCOC(C(F)(F)F)C1. The van der Waals surface area contributed by atoms with Gasteiger partial charge in [0, 0.05) is 12.0 Å². The Labute approximate surface area is 84.5 Å². The lowest BCUT2D eigenvalue weighted by Crippen LogP contribution is -2.35. The molecule has 6 heteroatoms. The first-order valence-electron chi connectivity index (χ1n) is 4.42. The fourth-order valence-corrected chi connectivity index (χ4v) is 1.41. The van der Waals surface area contributed by atoms with Crippen molar-refractivity contribution in [1.29, 1.82) is 0 Å². The second-order valence-corrected chi connectivity index (χ2v) is 3.39. The van der Waals surface area contributed by atoms with Crippen molar-refractivity contribution in [3.8, 4) is 0 Å². The van der Waals surface area contributed by atoms with E-state index in [1.165, 1.54) is 6.92 Å². The number of halogens is 3. The van der Waals surface area contributed by atoms with Crippen molar-refractivity contribution in [3.63, 3.8) is 0 Å². The third kappa shape index (κ3) is 2.95. The minimum atomic E-state index is -4.43. The molecule has 1 atom stereocenters. The predicted molar refractivity (Wildman–Crippen MR) is 45.4 cm³/mol. The lowest BCUT2D eigenvalue weighted by Gasteiger charge is -2.27. The Balaban J connectivity index is 2.81. The minimum absolute atomic E-state index is 0.00690. The average molecular weight is 224 g/mol. The summed E-state index contributed by atoms with van der Waals surface area (Å²) < 4.78 is 41.4. The summed E-state index contributed by atoms with van der Waals surface area (Å²) in [5.74, 6) is -1.17. The van der Waals surface area contributed by atoms with Gasteiger partial charge in [-0.05, 0) is 13.3 Å². The van der Waals surface area contributed by atoms with E-state index in [2.05, 4.69) is 4.74 Å². The topological polar surface area (TPSA) is 46.5 Å². The van der Waals surface area contributed by atoms with Gasteiger partial charge in [0.15, 0.2) is 6.10 Å². The van der Waals surface area contributed by atoms with Crippen LogP contribution in [0.3, 0.4) is 0 Å². The summed E-state index contributed by atoms with van der Waals surface area (Å²) in [5.41, 5.74) is 0.309. The Bertz CT molecular complexity index is 293. The Morgan fingerprint density at radius 3 is 2.60 bits per heavy atom. The third-order valence-corrected chi connectivity index (χ3v) is 2.37. The Hall–Kier alpha value is -1.04. The molecule has 1 aliphatic rings. The molecule has 1 unspecified atom stereocenters. The number of rotatable bonds is 1. The molecular weight excluding hydrogens is 213 g/mol. The third-order valence-electron chi connectivity index (χ3n) is 2.37. The molecule has 3 nitrogen and oxygen atoms in total. The lowest BCUT2D eigenvalue weighted by molar-refractivity contribution is -0.224. The van der Waals surface area contributed by atoms with Crippen molar-refractivity contribution in [3.05, 3.63) is 11.1 Å². The highest BCUT2D eigenvalue weighted by atomic mass is 19.4. The first-order chi connectivity index (χ1) is 6.82.